The standard InChI is InChI=1S/C14H22N2O/c1-16(13-7-8-13)11-14(17)10-15-9-12-5-3-2-4-6-12/h2-6,13-15,17H,7-11H2,1H3. The zero-order valence-corrected chi connectivity index (χ0v) is 10.5. The van der Waals surface area contributed by atoms with E-state index in [0.717, 1.165) is 19.1 Å². The van der Waals surface area contributed by atoms with Crippen LogP contribution in [0.15, 0.2) is 30.3 Å². The molecule has 2 N–H and O–H groups in total. The summed E-state index contributed by atoms with van der Waals surface area (Å²) < 4.78 is 0. The van der Waals surface area contributed by atoms with Gasteiger partial charge in [-0.2, -0.15) is 0 Å². The first-order valence-electron chi connectivity index (χ1n) is 6.38. The van der Waals surface area contributed by atoms with Crippen molar-refractivity contribution in [1.82, 2.24) is 10.2 Å². The second-order valence-electron chi connectivity index (χ2n) is 4.94. The Balaban J connectivity index is 1.61. The van der Waals surface area contributed by atoms with Crippen LogP contribution in [0.4, 0.5) is 0 Å². The van der Waals surface area contributed by atoms with Crippen molar-refractivity contribution in [2.75, 3.05) is 20.1 Å². The molecular formula is C14H22N2O. The van der Waals surface area contributed by atoms with Crippen molar-refractivity contribution in [1.29, 1.82) is 0 Å². The van der Waals surface area contributed by atoms with Gasteiger partial charge in [-0.25, -0.2) is 0 Å². The fraction of sp³-hybridized carbons (Fsp3) is 0.571. The van der Waals surface area contributed by atoms with Crippen molar-refractivity contribution in [3.63, 3.8) is 0 Å². The van der Waals surface area contributed by atoms with Crippen LogP contribution in [0.5, 0.6) is 0 Å². The fourth-order valence-electron chi connectivity index (χ4n) is 2.04. The highest BCUT2D eigenvalue weighted by Crippen LogP contribution is 2.25. The fourth-order valence-corrected chi connectivity index (χ4v) is 2.04. The number of hydrogen-bond acceptors (Lipinski definition) is 3. The van der Waals surface area contributed by atoms with Crippen molar-refractivity contribution in [2.24, 2.45) is 0 Å². The average molecular weight is 234 g/mol. The Morgan fingerprint density at radius 3 is 2.71 bits per heavy atom. The van der Waals surface area contributed by atoms with Gasteiger partial charge in [0.15, 0.2) is 0 Å². The molecule has 1 saturated carbocycles. The van der Waals surface area contributed by atoms with Gasteiger partial charge in [0.2, 0.25) is 0 Å². The Hall–Kier alpha value is -0.900. The van der Waals surface area contributed by atoms with Gasteiger partial charge in [-0.1, -0.05) is 30.3 Å². The number of aliphatic hydroxyl groups is 1. The summed E-state index contributed by atoms with van der Waals surface area (Å²) >= 11 is 0. The van der Waals surface area contributed by atoms with Crippen molar-refractivity contribution in [3.05, 3.63) is 35.9 Å². The molecule has 1 aliphatic carbocycles. The van der Waals surface area contributed by atoms with Crippen LogP contribution >= 0.6 is 0 Å². The van der Waals surface area contributed by atoms with Crippen molar-refractivity contribution >= 4 is 0 Å². The topological polar surface area (TPSA) is 35.5 Å². The molecule has 1 aliphatic rings. The van der Waals surface area contributed by atoms with Gasteiger partial charge in [0.1, 0.15) is 0 Å². The second kappa shape index (κ2) is 6.15. The highest BCUT2D eigenvalue weighted by atomic mass is 16.3. The zero-order valence-electron chi connectivity index (χ0n) is 10.5. The average Bonchev–Trinajstić information content (AvgIpc) is 3.14. The Morgan fingerprint density at radius 1 is 1.35 bits per heavy atom. The molecule has 1 atom stereocenters. The Morgan fingerprint density at radius 2 is 2.06 bits per heavy atom. The van der Waals surface area contributed by atoms with E-state index >= 15 is 0 Å². The van der Waals surface area contributed by atoms with Gasteiger partial charge in [-0.15, -0.1) is 0 Å². The lowest BCUT2D eigenvalue weighted by molar-refractivity contribution is 0.120. The highest BCUT2D eigenvalue weighted by molar-refractivity contribution is 5.14. The summed E-state index contributed by atoms with van der Waals surface area (Å²) in [5, 5.41) is 13.2. The summed E-state index contributed by atoms with van der Waals surface area (Å²) in [6.07, 6.45) is 2.31. The predicted molar refractivity (Wildman–Crippen MR) is 69.8 cm³/mol. The SMILES string of the molecule is CN(CC(O)CNCc1ccccc1)C1CC1. The zero-order chi connectivity index (χ0) is 12.1. The van der Waals surface area contributed by atoms with Gasteiger partial charge < -0.3 is 15.3 Å². The van der Waals surface area contributed by atoms with Gasteiger partial charge in [-0.3, -0.25) is 0 Å². The molecule has 0 heterocycles. The third-order valence-corrected chi connectivity index (χ3v) is 3.22. The van der Waals surface area contributed by atoms with E-state index in [1.54, 1.807) is 0 Å². The molecule has 94 valence electrons. The highest BCUT2D eigenvalue weighted by Gasteiger charge is 2.26. The minimum Gasteiger partial charge on any atom is -0.390 e. The molecule has 3 heteroatoms. The number of nitrogens with zero attached hydrogens (tertiary/aromatic N) is 1. The molecule has 1 unspecified atom stereocenters. The van der Waals surface area contributed by atoms with Crippen molar-refractivity contribution < 1.29 is 5.11 Å². The summed E-state index contributed by atoms with van der Waals surface area (Å²) in [5.74, 6) is 0. The normalized spacial score (nSPS) is 17.4. The van der Waals surface area contributed by atoms with E-state index < -0.39 is 0 Å². The van der Waals surface area contributed by atoms with Gasteiger partial charge in [0.25, 0.3) is 0 Å². The molecule has 0 radical (unpaired) electrons. The summed E-state index contributed by atoms with van der Waals surface area (Å²) in [6, 6.07) is 11.0. The number of nitrogens with one attached hydrogen (secondary N) is 1. The van der Waals surface area contributed by atoms with Crippen LogP contribution < -0.4 is 5.32 Å². The van der Waals surface area contributed by atoms with E-state index in [1.807, 2.05) is 18.2 Å². The Bertz CT molecular complexity index is 324. The quantitative estimate of drug-likeness (QED) is 0.745. The lowest BCUT2D eigenvalue weighted by Crippen LogP contribution is -2.37. The first-order valence-corrected chi connectivity index (χ1v) is 6.38. The molecule has 0 amide bonds. The minimum atomic E-state index is -0.274. The van der Waals surface area contributed by atoms with Crippen LogP contribution in [0.3, 0.4) is 0 Å². The third-order valence-electron chi connectivity index (χ3n) is 3.22. The molecule has 1 aromatic carbocycles. The van der Waals surface area contributed by atoms with Crippen LogP contribution in [0.25, 0.3) is 0 Å². The smallest absolute Gasteiger partial charge is 0.0791 e. The van der Waals surface area contributed by atoms with Crippen LogP contribution in [-0.2, 0) is 6.54 Å². The number of likely N-dealkylation sites (N-methyl/N-ethyl adjacent to an activating group) is 1. The van der Waals surface area contributed by atoms with Crippen LogP contribution in [0.2, 0.25) is 0 Å². The summed E-state index contributed by atoms with van der Waals surface area (Å²) in [7, 11) is 2.10. The molecular weight excluding hydrogens is 212 g/mol. The van der Waals surface area contributed by atoms with Gasteiger partial charge >= 0.3 is 0 Å². The molecule has 0 spiro atoms. The van der Waals surface area contributed by atoms with Crippen molar-refractivity contribution in [3.8, 4) is 0 Å². The molecule has 0 aliphatic heterocycles. The van der Waals surface area contributed by atoms with E-state index in [9.17, 15) is 5.11 Å². The Kier molecular flexibility index (Phi) is 4.54. The van der Waals surface area contributed by atoms with E-state index in [2.05, 4.69) is 29.4 Å². The summed E-state index contributed by atoms with van der Waals surface area (Å²) in [6.45, 7) is 2.25. The number of benzene rings is 1. The second-order valence-corrected chi connectivity index (χ2v) is 4.94. The molecule has 0 saturated heterocycles. The van der Waals surface area contributed by atoms with E-state index in [-0.39, 0.29) is 6.10 Å². The minimum absolute atomic E-state index is 0.274. The largest absolute Gasteiger partial charge is 0.390 e. The lowest BCUT2D eigenvalue weighted by Gasteiger charge is -2.20. The van der Waals surface area contributed by atoms with Gasteiger partial charge in [-0.05, 0) is 25.5 Å². The molecule has 1 aromatic rings. The molecule has 1 fully saturated rings. The van der Waals surface area contributed by atoms with Crippen LogP contribution in [0.1, 0.15) is 18.4 Å². The Labute approximate surface area is 103 Å². The number of rotatable bonds is 7. The molecule has 2 rings (SSSR count). The first-order chi connectivity index (χ1) is 8.25. The maximum Gasteiger partial charge on any atom is 0.0791 e. The maximum atomic E-state index is 9.87. The maximum absolute atomic E-state index is 9.87. The van der Waals surface area contributed by atoms with Crippen LogP contribution in [0, 0.1) is 0 Å². The monoisotopic (exact) mass is 234 g/mol. The number of hydrogen-bond donors (Lipinski definition) is 2. The van der Waals surface area contributed by atoms with E-state index in [0.29, 0.717) is 6.54 Å². The summed E-state index contributed by atoms with van der Waals surface area (Å²) in [4.78, 5) is 2.26. The first kappa shape index (κ1) is 12.6. The third kappa shape index (κ3) is 4.46. The molecule has 0 aromatic heterocycles. The predicted octanol–water partition coefficient (Wildman–Crippen LogP) is 1.23. The lowest BCUT2D eigenvalue weighted by atomic mass is 10.2. The van der Waals surface area contributed by atoms with E-state index in [1.165, 1.54) is 18.4 Å². The molecule has 0 bridgehead atoms. The number of aliphatic hydroxyl groups excluding tert-OH is 1. The van der Waals surface area contributed by atoms with E-state index in [4.69, 9.17) is 0 Å². The molecule has 17 heavy (non-hydrogen) atoms. The van der Waals surface area contributed by atoms with Crippen LogP contribution in [-0.4, -0.2) is 42.3 Å². The van der Waals surface area contributed by atoms with Gasteiger partial charge in [0.05, 0.1) is 6.10 Å². The van der Waals surface area contributed by atoms with Gasteiger partial charge in [0, 0.05) is 25.7 Å². The summed E-state index contributed by atoms with van der Waals surface area (Å²) in [5.41, 5.74) is 1.26. The van der Waals surface area contributed by atoms with Crippen molar-refractivity contribution in [2.45, 2.75) is 31.5 Å². The molecule has 3 nitrogen and oxygen atoms in total.